The minimum atomic E-state index is -4.53. The molecule has 154 valence electrons. The third-order valence-corrected chi connectivity index (χ3v) is 5.83. The Balaban J connectivity index is 2.26. The number of hydrogen-bond donors (Lipinski definition) is 1. The lowest BCUT2D eigenvalue weighted by Gasteiger charge is -2.45. The lowest BCUT2D eigenvalue weighted by molar-refractivity contribution is -0.137. The number of hydrogen-bond acceptors (Lipinski definition) is 5. The number of nitrogens with zero attached hydrogens (tertiary/aromatic N) is 4. The SMILES string of the molecule is CCCN1CC=C2[C@H](C1)[C@H](c1cccc(C(F)(F)F)c1)C(C#N)=C(N)C2(C#N)C#N. The molecule has 8 heteroatoms. The van der Waals surface area contributed by atoms with Gasteiger partial charge in [0.25, 0.3) is 0 Å². The van der Waals surface area contributed by atoms with Crippen molar-refractivity contribution in [3.8, 4) is 18.2 Å². The van der Waals surface area contributed by atoms with E-state index >= 15 is 0 Å². The van der Waals surface area contributed by atoms with Gasteiger partial charge >= 0.3 is 6.18 Å². The number of nitrogens with two attached hydrogens (primary N) is 1. The van der Waals surface area contributed by atoms with Crippen molar-refractivity contribution in [1.29, 1.82) is 15.8 Å². The molecule has 0 spiro atoms. The van der Waals surface area contributed by atoms with Crippen LogP contribution >= 0.6 is 0 Å². The van der Waals surface area contributed by atoms with E-state index in [9.17, 15) is 29.0 Å². The second kappa shape index (κ2) is 7.86. The Morgan fingerprint density at radius 2 is 1.93 bits per heavy atom. The van der Waals surface area contributed by atoms with Crippen molar-refractivity contribution in [2.75, 3.05) is 19.6 Å². The quantitative estimate of drug-likeness (QED) is 0.762. The number of halogens is 3. The molecule has 0 fully saturated rings. The van der Waals surface area contributed by atoms with Crippen LogP contribution in [0, 0.1) is 45.3 Å². The van der Waals surface area contributed by atoms with Gasteiger partial charge in [-0.05, 0) is 30.2 Å². The summed E-state index contributed by atoms with van der Waals surface area (Å²) >= 11 is 0. The molecule has 1 aromatic rings. The lowest BCUT2D eigenvalue weighted by Crippen LogP contribution is -2.47. The first kappa shape index (κ1) is 21.4. The Morgan fingerprint density at radius 1 is 1.23 bits per heavy atom. The summed E-state index contributed by atoms with van der Waals surface area (Å²) in [6.07, 6.45) is -1.89. The van der Waals surface area contributed by atoms with Crippen molar-refractivity contribution in [2.45, 2.75) is 25.4 Å². The van der Waals surface area contributed by atoms with E-state index in [0.29, 0.717) is 24.2 Å². The second-order valence-corrected chi connectivity index (χ2v) is 7.54. The van der Waals surface area contributed by atoms with E-state index in [2.05, 4.69) is 4.90 Å². The average molecular weight is 411 g/mol. The van der Waals surface area contributed by atoms with Crippen molar-refractivity contribution >= 4 is 0 Å². The molecule has 1 aromatic carbocycles. The monoisotopic (exact) mass is 411 g/mol. The van der Waals surface area contributed by atoms with Gasteiger partial charge in [-0.25, -0.2) is 0 Å². The minimum Gasteiger partial charge on any atom is -0.399 e. The smallest absolute Gasteiger partial charge is 0.399 e. The lowest BCUT2D eigenvalue weighted by atomic mass is 9.60. The van der Waals surface area contributed by atoms with E-state index in [-0.39, 0.29) is 11.3 Å². The van der Waals surface area contributed by atoms with Crippen LogP contribution in [0.2, 0.25) is 0 Å². The Hall–Kier alpha value is -3.28. The van der Waals surface area contributed by atoms with Crippen LogP contribution in [0.1, 0.15) is 30.4 Å². The van der Waals surface area contributed by atoms with Gasteiger partial charge in [-0.3, -0.25) is 4.90 Å². The van der Waals surface area contributed by atoms with Crippen molar-refractivity contribution in [3.05, 3.63) is 58.3 Å². The molecular weight excluding hydrogens is 391 g/mol. The molecule has 30 heavy (non-hydrogen) atoms. The van der Waals surface area contributed by atoms with Gasteiger partial charge in [-0.2, -0.15) is 29.0 Å². The summed E-state index contributed by atoms with van der Waals surface area (Å²) in [6.45, 7) is 3.69. The van der Waals surface area contributed by atoms with Crippen LogP contribution < -0.4 is 5.73 Å². The van der Waals surface area contributed by atoms with Crippen molar-refractivity contribution in [2.24, 2.45) is 17.1 Å². The minimum absolute atomic E-state index is 0.0158. The normalized spacial score (nSPS) is 23.6. The molecule has 0 aromatic heterocycles. The second-order valence-electron chi connectivity index (χ2n) is 7.54. The molecule has 3 rings (SSSR count). The van der Waals surface area contributed by atoms with Gasteiger partial charge in [0.2, 0.25) is 5.41 Å². The predicted octanol–water partition coefficient (Wildman–Crippen LogP) is 3.84. The van der Waals surface area contributed by atoms with Crippen molar-refractivity contribution < 1.29 is 13.2 Å². The third-order valence-electron chi connectivity index (χ3n) is 5.83. The molecule has 5 nitrogen and oxygen atoms in total. The van der Waals surface area contributed by atoms with E-state index in [1.165, 1.54) is 12.1 Å². The summed E-state index contributed by atoms with van der Waals surface area (Å²) in [6, 6.07) is 10.8. The van der Waals surface area contributed by atoms with Crippen LogP contribution in [0.3, 0.4) is 0 Å². The van der Waals surface area contributed by atoms with Gasteiger partial charge in [-0.15, -0.1) is 0 Å². The number of alkyl halides is 3. The van der Waals surface area contributed by atoms with Gasteiger partial charge in [0.15, 0.2) is 0 Å². The molecule has 1 aliphatic heterocycles. The van der Waals surface area contributed by atoms with E-state index in [1.54, 1.807) is 6.08 Å². The first-order valence-corrected chi connectivity index (χ1v) is 9.56. The Bertz CT molecular complexity index is 1020. The van der Waals surface area contributed by atoms with Crippen LogP contribution in [0.15, 0.2) is 47.2 Å². The number of nitriles is 3. The summed E-state index contributed by atoms with van der Waals surface area (Å²) in [4.78, 5) is 2.10. The summed E-state index contributed by atoms with van der Waals surface area (Å²) in [7, 11) is 0. The first-order valence-electron chi connectivity index (χ1n) is 9.56. The van der Waals surface area contributed by atoms with Crippen LogP contribution in [-0.2, 0) is 6.18 Å². The molecule has 0 saturated heterocycles. The first-order chi connectivity index (χ1) is 14.2. The molecule has 0 amide bonds. The summed E-state index contributed by atoms with van der Waals surface area (Å²) in [5, 5.41) is 29.5. The van der Waals surface area contributed by atoms with Crippen LogP contribution in [0.25, 0.3) is 0 Å². The maximum Gasteiger partial charge on any atom is 0.416 e. The standard InChI is InChI=1S/C22H20F3N5/c1-2-7-30-8-6-18-17(11-30)19(14-4-3-5-15(9-14)22(23,24)25)16(10-26)20(29)21(18,12-27)13-28/h3-6,9,17,19H,2,7-8,11,29H2,1H3/t17-,19+/m0/s1. The number of allylic oxidation sites excluding steroid dienone is 2. The van der Waals surface area contributed by atoms with Crippen molar-refractivity contribution in [3.63, 3.8) is 0 Å². The van der Waals surface area contributed by atoms with Crippen LogP contribution in [0.5, 0.6) is 0 Å². The molecule has 0 saturated carbocycles. The highest BCUT2D eigenvalue weighted by atomic mass is 19.4. The summed E-state index contributed by atoms with van der Waals surface area (Å²) in [5.74, 6) is -1.27. The highest BCUT2D eigenvalue weighted by Crippen LogP contribution is 2.53. The van der Waals surface area contributed by atoms with Gasteiger partial charge in [0.1, 0.15) is 0 Å². The van der Waals surface area contributed by atoms with Crippen molar-refractivity contribution in [1.82, 2.24) is 4.90 Å². The van der Waals surface area contributed by atoms with E-state index < -0.39 is 29.0 Å². The van der Waals surface area contributed by atoms with E-state index in [1.807, 2.05) is 25.1 Å². The van der Waals surface area contributed by atoms with E-state index in [0.717, 1.165) is 25.1 Å². The fourth-order valence-corrected chi connectivity index (χ4v) is 4.48. The Kier molecular flexibility index (Phi) is 5.61. The van der Waals surface area contributed by atoms with Crippen LogP contribution in [-0.4, -0.2) is 24.5 Å². The van der Waals surface area contributed by atoms with Gasteiger partial charge in [0.05, 0.1) is 35.0 Å². The highest BCUT2D eigenvalue weighted by molar-refractivity contribution is 5.58. The average Bonchev–Trinajstić information content (AvgIpc) is 2.73. The number of benzene rings is 1. The predicted molar refractivity (Wildman–Crippen MR) is 103 cm³/mol. The third kappa shape index (κ3) is 3.32. The zero-order chi connectivity index (χ0) is 22.1. The number of rotatable bonds is 3. The fraction of sp³-hybridized carbons (Fsp3) is 0.409. The maximum absolute atomic E-state index is 13.3. The molecule has 2 N–H and O–H groups in total. The van der Waals surface area contributed by atoms with E-state index in [4.69, 9.17) is 5.73 Å². The Labute approximate surface area is 173 Å². The zero-order valence-electron chi connectivity index (χ0n) is 16.4. The molecule has 1 aliphatic carbocycles. The summed E-state index contributed by atoms with van der Waals surface area (Å²) < 4.78 is 39.9. The fourth-order valence-electron chi connectivity index (χ4n) is 4.48. The molecule has 0 bridgehead atoms. The van der Waals surface area contributed by atoms with Gasteiger partial charge in [0, 0.05) is 24.9 Å². The molecule has 0 radical (unpaired) electrons. The van der Waals surface area contributed by atoms with Crippen LogP contribution in [0.4, 0.5) is 13.2 Å². The molecule has 0 unspecified atom stereocenters. The molecule has 1 heterocycles. The zero-order valence-corrected chi connectivity index (χ0v) is 16.4. The highest BCUT2D eigenvalue weighted by Gasteiger charge is 2.52. The number of fused-ring (bicyclic) bond motifs is 1. The molecular formula is C22H20F3N5. The molecule has 2 aliphatic rings. The Morgan fingerprint density at radius 3 is 2.50 bits per heavy atom. The molecule has 2 atom stereocenters. The van der Waals surface area contributed by atoms with Gasteiger partial charge < -0.3 is 5.73 Å². The van der Waals surface area contributed by atoms with Gasteiger partial charge in [-0.1, -0.05) is 31.2 Å². The maximum atomic E-state index is 13.3. The summed E-state index contributed by atoms with van der Waals surface area (Å²) in [5.41, 5.74) is 4.13. The largest absolute Gasteiger partial charge is 0.416 e. The topological polar surface area (TPSA) is 101 Å².